The number of hydrogen-bond donors (Lipinski definition) is 1. The number of hydrogen-bond acceptors (Lipinski definition) is 3. The fourth-order valence-corrected chi connectivity index (χ4v) is 6.16. The number of nitrogens with one attached hydrogen (secondary N) is 1. The highest BCUT2D eigenvalue weighted by Crippen LogP contribution is 2.54. The van der Waals surface area contributed by atoms with Gasteiger partial charge in [0, 0.05) is 22.6 Å². The van der Waals surface area contributed by atoms with E-state index in [0.717, 1.165) is 33.6 Å². The first-order valence-electron chi connectivity index (χ1n) is 13.7. The van der Waals surface area contributed by atoms with E-state index < -0.39 is 5.72 Å². The SMILES string of the molecule is O=C1C(c2ccccc2)=C(c2ccccc2)O[C@@]2(c3ccccc3)C[C@H](c3cccc(Cl)c3)Nc3ccccc3N12. The van der Waals surface area contributed by atoms with E-state index in [9.17, 15) is 0 Å². The number of para-hydroxylation sites is 2. The van der Waals surface area contributed by atoms with Crippen molar-refractivity contribution < 1.29 is 9.53 Å². The van der Waals surface area contributed by atoms with E-state index in [1.807, 2.05) is 138 Å². The molecular weight excluding hydrogens is 528 g/mol. The third-order valence-electron chi connectivity index (χ3n) is 7.81. The number of anilines is 2. The number of carbonyl (C=O) groups is 1. The molecule has 0 radical (unpaired) electrons. The standard InChI is InChI=1S/C36H27ClN2O2/c37-29-20-12-17-27(23-29)31-24-36(28-18-8-3-9-19-28)39(32-22-11-10-21-30(32)38-31)35(40)33(25-13-4-1-5-14-25)34(41-36)26-15-6-2-7-16-26/h1-23,31,38H,24H2/t31-,36-/m1/s1. The molecule has 5 aromatic rings. The molecule has 0 aromatic heterocycles. The van der Waals surface area contributed by atoms with Crippen LogP contribution in [0.3, 0.4) is 0 Å². The molecule has 0 spiro atoms. The largest absolute Gasteiger partial charge is 0.462 e. The Bertz CT molecular complexity index is 1750. The van der Waals surface area contributed by atoms with Crippen LogP contribution in [0.1, 0.15) is 34.7 Å². The lowest BCUT2D eigenvalue weighted by Crippen LogP contribution is -2.55. The minimum absolute atomic E-state index is 0.119. The van der Waals surface area contributed by atoms with Crippen LogP contribution in [-0.4, -0.2) is 5.91 Å². The monoisotopic (exact) mass is 554 g/mol. The molecule has 0 unspecified atom stereocenters. The van der Waals surface area contributed by atoms with Gasteiger partial charge in [0.05, 0.1) is 23.0 Å². The molecule has 2 heterocycles. The Balaban J connectivity index is 1.55. The van der Waals surface area contributed by atoms with Crippen LogP contribution in [-0.2, 0) is 15.3 Å². The summed E-state index contributed by atoms with van der Waals surface area (Å²) in [7, 11) is 0. The van der Waals surface area contributed by atoms with Crippen molar-refractivity contribution in [1.29, 1.82) is 0 Å². The molecule has 4 nitrogen and oxygen atoms in total. The molecule has 2 aliphatic rings. The number of benzene rings is 5. The van der Waals surface area contributed by atoms with Gasteiger partial charge in [0.2, 0.25) is 5.72 Å². The van der Waals surface area contributed by atoms with Crippen LogP contribution in [0.4, 0.5) is 11.4 Å². The van der Waals surface area contributed by atoms with Crippen LogP contribution in [0.15, 0.2) is 140 Å². The minimum atomic E-state index is -1.16. The van der Waals surface area contributed by atoms with Gasteiger partial charge in [-0.15, -0.1) is 0 Å². The zero-order valence-corrected chi connectivity index (χ0v) is 23.0. The lowest BCUT2D eigenvalue weighted by atomic mass is 9.87. The molecule has 2 atom stereocenters. The molecule has 7 rings (SSSR count). The summed E-state index contributed by atoms with van der Waals surface area (Å²) < 4.78 is 7.32. The zero-order valence-electron chi connectivity index (χ0n) is 22.2. The van der Waals surface area contributed by atoms with Crippen molar-refractivity contribution in [2.24, 2.45) is 0 Å². The molecule has 0 bridgehead atoms. The van der Waals surface area contributed by atoms with Gasteiger partial charge in [-0.25, -0.2) is 0 Å². The van der Waals surface area contributed by atoms with Gasteiger partial charge >= 0.3 is 0 Å². The highest BCUT2D eigenvalue weighted by atomic mass is 35.5. The van der Waals surface area contributed by atoms with Gasteiger partial charge in [-0.2, -0.15) is 0 Å². The van der Waals surface area contributed by atoms with Crippen LogP contribution in [0.25, 0.3) is 11.3 Å². The van der Waals surface area contributed by atoms with Crippen molar-refractivity contribution in [3.8, 4) is 0 Å². The Morgan fingerprint density at radius 3 is 2.07 bits per heavy atom. The number of rotatable bonds is 4. The Labute approximate surface area is 244 Å². The van der Waals surface area contributed by atoms with Gasteiger partial charge in [0.1, 0.15) is 5.76 Å². The molecule has 1 amide bonds. The minimum Gasteiger partial charge on any atom is -0.462 e. The van der Waals surface area contributed by atoms with Crippen molar-refractivity contribution in [2.45, 2.75) is 18.2 Å². The van der Waals surface area contributed by atoms with E-state index in [0.29, 0.717) is 22.8 Å². The van der Waals surface area contributed by atoms with Crippen molar-refractivity contribution in [3.63, 3.8) is 0 Å². The summed E-state index contributed by atoms with van der Waals surface area (Å²) in [5.41, 5.74) is 4.53. The Kier molecular flexibility index (Phi) is 6.33. The summed E-state index contributed by atoms with van der Waals surface area (Å²) in [5, 5.41) is 4.39. The number of nitrogens with zero attached hydrogens (tertiary/aromatic N) is 1. The van der Waals surface area contributed by atoms with Crippen LogP contribution in [0, 0.1) is 0 Å². The highest BCUT2D eigenvalue weighted by Gasteiger charge is 2.54. The summed E-state index contributed by atoms with van der Waals surface area (Å²) in [5.74, 6) is 0.442. The molecular formula is C36H27ClN2O2. The quantitative estimate of drug-likeness (QED) is 0.241. The third kappa shape index (κ3) is 4.37. The predicted molar refractivity (Wildman–Crippen MR) is 165 cm³/mol. The molecule has 5 heteroatoms. The normalized spacial score (nSPS) is 19.9. The van der Waals surface area contributed by atoms with E-state index in [1.165, 1.54) is 0 Å². The van der Waals surface area contributed by atoms with Crippen molar-refractivity contribution in [3.05, 3.63) is 167 Å². The van der Waals surface area contributed by atoms with Crippen molar-refractivity contribution in [1.82, 2.24) is 0 Å². The van der Waals surface area contributed by atoms with Crippen molar-refractivity contribution in [2.75, 3.05) is 10.2 Å². The van der Waals surface area contributed by atoms with Gasteiger partial charge in [-0.3, -0.25) is 9.69 Å². The summed E-state index contributed by atoms with van der Waals surface area (Å²) in [6, 6.07) is 45.3. The maximum atomic E-state index is 15.1. The van der Waals surface area contributed by atoms with Crippen molar-refractivity contribution >= 4 is 40.2 Å². The topological polar surface area (TPSA) is 41.6 Å². The number of ether oxygens (including phenoxy) is 1. The molecule has 0 fully saturated rings. The molecule has 41 heavy (non-hydrogen) atoms. The Morgan fingerprint density at radius 1 is 0.732 bits per heavy atom. The van der Waals surface area contributed by atoms with E-state index in [4.69, 9.17) is 16.3 Å². The molecule has 0 saturated carbocycles. The Hall–Kier alpha value is -4.80. The third-order valence-corrected chi connectivity index (χ3v) is 8.04. The van der Waals surface area contributed by atoms with Crippen LogP contribution in [0.2, 0.25) is 5.02 Å². The van der Waals surface area contributed by atoms with Gasteiger partial charge in [0.25, 0.3) is 5.91 Å². The summed E-state index contributed by atoms with van der Waals surface area (Å²) in [6.07, 6.45) is 0.441. The maximum Gasteiger partial charge on any atom is 0.266 e. The molecule has 200 valence electrons. The number of fused-ring (bicyclic) bond motifs is 3. The second kappa shape index (κ2) is 10.3. The zero-order chi connectivity index (χ0) is 27.8. The Morgan fingerprint density at radius 2 is 1.37 bits per heavy atom. The molecule has 1 N–H and O–H groups in total. The van der Waals surface area contributed by atoms with Crippen LogP contribution in [0.5, 0.6) is 0 Å². The summed E-state index contributed by atoms with van der Waals surface area (Å²) in [6.45, 7) is 0. The second-order valence-corrected chi connectivity index (χ2v) is 10.7. The van der Waals surface area contributed by atoms with Gasteiger partial charge < -0.3 is 10.1 Å². The highest BCUT2D eigenvalue weighted by molar-refractivity contribution is 6.33. The van der Waals surface area contributed by atoms with E-state index in [-0.39, 0.29) is 11.9 Å². The number of halogens is 1. The molecule has 5 aromatic carbocycles. The van der Waals surface area contributed by atoms with Crippen LogP contribution < -0.4 is 10.2 Å². The smallest absolute Gasteiger partial charge is 0.266 e. The summed E-state index contributed by atoms with van der Waals surface area (Å²) >= 11 is 6.48. The maximum absolute atomic E-state index is 15.1. The van der Waals surface area contributed by atoms with Crippen LogP contribution >= 0.6 is 11.6 Å². The number of amides is 1. The first-order chi connectivity index (χ1) is 20.1. The van der Waals surface area contributed by atoms with Gasteiger partial charge in [0.15, 0.2) is 0 Å². The molecule has 2 aliphatic heterocycles. The van der Waals surface area contributed by atoms with E-state index in [1.54, 1.807) is 0 Å². The van der Waals surface area contributed by atoms with Gasteiger partial charge in [-0.1, -0.05) is 127 Å². The first-order valence-corrected chi connectivity index (χ1v) is 14.1. The van der Waals surface area contributed by atoms with E-state index in [2.05, 4.69) is 11.4 Å². The predicted octanol–water partition coefficient (Wildman–Crippen LogP) is 8.68. The molecule has 0 aliphatic carbocycles. The second-order valence-electron chi connectivity index (χ2n) is 10.3. The lowest BCUT2D eigenvalue weighted by Gasteiger charge is -2.48. The fraction of sp³-hybridized carbons (Fsp3) is 0.0833. The van der Waals surface area contributed by atoms with Gasteiger partial charge in [-0.05, 0) is 35.4 Å². The fourth-order valence-electron chi connectivity index (χ4n) is 5.96. The number of carbonyl (C=O) groups excluding carboxylic acids is 1. The van der Waals surface area contributed by atoms with E-state index >= 15 is 4.79 Å². The molecule has 0 saturated heterocycles. The summed E-state index contributed by atoms with van der Waals surface area (Å²) in [4.78, 5) is 16.9. The first kappa shape index (κ1) is 25.2. The lowest BCUT2D eigenvalue weighted by molar-refractivity contribution is -0.120. The average Bonchev–Trinajstić information content (AvgIpc) is 3.18. The average molecular weight is 555 g/mol.